The number of halogens is 1. The Hall–Kier alpha value is -3.20. The number of rotatable bonds is 1. The minimum atomic E-state index is -0.171. The van der Waals surface area contributed by atoms with Crippen molar-refractivity contribution in [1.82, 2.24) is 4.98 Å². The lowest BCUT2D eigenvalue weighted by molar-refractivity contribution is 0.414. The summed E-state index contributed by atoms with van der Waals surface area (Å²) < 4.78 is 17.1. The van der Waals surface area contributed by atoms with E-state index in [1.807, 2.05) is 49.5 Å². The quantitative estimate of drug-likeness (QED) is 0.370. The summed E-state index contributed by atoms with van der Waals surface area (Å²) in [5.74, 6) is 0.746. The number of aromatic nitrogens is 1. The van der Waals surface area contributed by atoms with Crippen LogP contribution < -0.4 is 4.74 Å². The van der Waals surface area contributed by atoms with Crippen LogP contribution in [0.1, 0.15) is 16.7 Å². The highest BCUT2D eigenvalue weighted by molar-refractivity contribution is 5.78. The average molecular weight is 375 g/mol. The van der Waals surface area contributed by atoms with E-state index in [1.165, 1.54) is 28.6 Å². The molecule has 0 aliphatic rings. The number of aryl methyl sites for hydroxylation is 3. The van der Waals surface area contributed by atoms with Crippen molar-refractivity contribution in [1.29, 1.82) is 0 Å². The molecule has 0 atom stereocenters. The number of hydrogen-bond donors (Lipinski definition) is 0. The van der Waals surface area contributed by atoms with Crippen LogP contribution in [0, 0.1) is 26.6 Å². The van der Waals surface area contributed by atoms with E-state index in [1.54, 1.807) is 19.2 Å². The van der Waals surface area contributed by atoms with Gasteiger partial charge >= 0.3 is 0 Å². The predicted molar refractivity (Wildman–Crippen MR) is 115 cm³/mol. The molecule has 1 heterocycles. The van der Waals surface area contributed by atoms with Crippen molar-refractivity contribution < 1.29 is 9.13 Å². The van der Waals surface area contributed by atoms with Gasteiger partial charge in [0.05, 0.1) is 12.6 Å². The number of fused-ring (bicyclic) bond motifs is 1. The van der Waals surface area contributed by atoms with Crippen molar-refractivity contribution in [3.05, 3.63) is 108 Å². The molecule has 0 aliphatic heterocycles. The van der Waals surface area contributed by atoms with Crippen LogP contribution in [0.4, 0.5) is 4.39 Å². The molecule has 2 nitrogen and oxygen atoms in total. The van der Waals surface area contributed by atoms with Crippen molar-refractivity contribution in [3.8, 4) is 5.75 Å². The van der Waals surface area contributed by atoms with Crippen LogP contribution in [0.2, 0.25) is 0 Å². The van der Waals surface area contributed by atoms with Gasteiger partial charge < -0.3 is 4.74 Å². The summed E-state index contributed by atoms with van der Waals surface area (Å²) in [6.07, 6.45) is 1.82. The average Bonchev–Trinajstić information content (AvgIpc) is 2.72. The van der Waals surface area contributed by atoms with Gasteiger partial charge in [0.25, 0.3) is 0 Å². The van der Waals surface area contributed by atoms with E-state index in [9.17, 15) is 4.39 Å². The number of ether oxygens (including phenoxy) is 1. The lowest BCUT2D eigenvalue weighted by Gasteiger charge is -1.97. The first kappa shape index (κ1) is 21.1. The van der Waals surface area contributed by atoms with Gasteiger partial charge in [0.1, 0.15) is 11.6 Å². The van der Waals surface area contributed by atoms with Gasteiger partial charge in [-0.3, -0.25) is 4.98 Å². The smallest absolute Gasteiger partial charge is 0.123 e. The van der Waals surface area contributed by atoms with Crippen LogP contribution in [-0.2, 0) is 0 Å². The molecule has 0 bridgehead atoms. The van der Waals surface area contributed by atoms with E-state index in [0.29, 0.717) is 0 Å². The fraction of sp³-hybridized carbons (Fsp3) is 0.160. The molecule has 1 aromatic heterocycles. The summed E-state index contributed by atoms with van der Waals surface area (Å²) in [4.78, 5) is 4.22. The maximum atomic E-state index is 12.1. The molecule has 0 unspecified atom stereocenters. The molecular weight excluding hydrogens is 349 g/mol. The number of pyridine rings is 1. The van der Waals surface area contributed by atoms with Gasteiger partial charge in [-0.1, -0.05) is 53.1 Å². The molecule has 0 fully saturated rings. The minimum Gasteiger partial charge on any atom is -0.497 e. The van der Waals surface area contributed by atoms with Crippen molar-refractivity contribution in [2.24, 2.45) is 0 Å². The summed E-state index contributed by atoms with van der Waals surface area (Å²) in [6.45, 7) is 6.07. The Bertz CT molecular complexity index is 958. The van der Waals surface area contributed by atoms with E-state index in [2.05, 4.69) is 37.0 Å². The third-order valence-corrected chi connectivity index (χ3v) is 4.03. The Morgan fingerprint density at radius 2 is 1.29 bits per heavy atom. The molecule has 0 N–H and O–H groups in total. The Morgan fingerprint density at radius 1 is 0.714 bits per heavy atom. The summed E-state index contributed by atoms with van der Waals surface area (Å²) in [7, 11) is 1.67. The molecule has 0 amide bonds. The summed E-state index contributed by atoms with van der Waals surface area (Å²) in [5, 5.41) is 1.22. The standard InChI is InChI=1S/C10H9N.C8H10O.C7H7F/c1-8-4-5-10-9(7-8)3-2-6-11-10;1-7-3-5-8(9-2)6-4-7;1-6-2-4-7(8)5-3-6/h2-7H,1H3;3-6H,1-2H3;2-5H,1H3. The second-order valence-electron chi connectivity index (χ2n) is 6.51. The van der Waals surface area contributed by atoms with E-state index in [-0.39, 0.29) is 5.82 Å². The first-order valence-corrected chi connectivity index (χ1v) is 9.12. The molecule has 28 heavy (non-hydrogen) atoms. The zero-order valence-corrected chi connectivity index (χ0v) is 16.8. The number of hydrogen-bond acceptors (Lipinski definition) is 2. The van der Waals surface area contributed by atoms with E-state index in [0.717, 1.165) is 16.8 Å². The molecule has 4 rings (SSSR count). The van der Waals surface area contributed by atoms with Crippen molar-refractivity contribution in [2.45, 2.75) is 20.8 Å². The molecule has 144 valence electrons. The van der Waals surface area contributed by atoms with Crippen LogP contribution in [0.15, 0.2) is 85.1 Å². The molecule has 4 aromatic rings. The highest BCUT2D eigenvalue weighted by Crippen LogP contribution is 2.12. The fourth-order valence-electron chi connectivity index (χ4n) is 2.40. The van der Waals surface area contributed by atoms with Crippen molar-refractivity contribution in [3.63, 3.8) is 0 Å². The Morgan fingerprint density at radius 3 is 1.86 bits per heavy atom. The molecule has 0 saturated carbocycles. The molecular formula is C25H26FNO. The second kappa shape index (κ2) is 10.8. The zero-order valence-electron chi connectivity index (χ0n) is 16.8. The first-order chi connectivity index (χ1) is 13.5. The van der Waals surface area contributed by atoms with Crippen LogP contribution in [0.5, 0.6) is 5.75 Å². The maximum absolute atomic E-state index is 12.1. The monoisotopic (exact) mass is 375 g/mol. The summed E-state index contributed by atoms with van der Waals surface area (Å²) >= 11 is 0. The van der Waals surface area contributed by atoms with Gasteiger partial charge in [0.2, 0.25) is 0 Å². The van der Waals surface area contributed by atoms with E-state index >= 15 is 0 Å². The van der Waals surface area contributed by atoms with Gasteiger partial charge in [-0.05, 0) is 63.2 Å². The Balaban J connectivity index is 0.000000153. The van der Waals surface area contributed by atoms with Gasteiger partial charge in [0.15, 0.2) is 0 Å². The van der Waals surface area contributed by atoms with Gasteiger partial charge in [0, 0.05) is 11.6 Å². The van der Waals surface area contributed by atoms with Gasteiger partial charge in [-0.15, -0.1) is 0 Å². The number of benzene rings is 3. The predicted octanol–water partition coefficient (Wildman–Crippen LogP) is 6.68. The molecule has 3 aromatic carbocycles. The van der Waals surface area contributed by atoms with Gasteiger partial charge in [-0.2, -0.15) is 0 Å². The lowest BCUT2D eigenvalue weighted by Crippen LogP contribution is -1.80. The Labute approximate surface area is 166 Å². The molecule has 0 saturated heterocycles. The summed E-state index contributed by atoms with van der Waals surface area (Å²) in [6, 6.07) is 24.7. The van der Waals surface area contributed by atoms with Crippen molar-refractivity contribution in [2.75, 3.05) is 7.11 Å². The normalized spacial score (nSPS) is 9.61. The first-order valence-electron chi connectivity index (χ1n) is 9.12. The molecule has 3 heteroatoms. The number of nitrogens with zero attached hydrogens (tertiary/aromatic N) is 1. The lowest BCUT2D eigenvalue weighted by atomic mass is 10.1. The molecule has 0 spiro atoms. The second-order valence-corrected chi connectivity index (χ2v) is 6.51. The van der Waals surface area contributed by atoms with Crippen LogP contribution in [-0.4, -0.2) is 12.1 Å². The summed E-state index contributed by atoms with van der Waals surface area (Å²) in [5.41, 5.74) is 4.70. The van der Waals surface area contributed by atoms with Crippen molar-refractivity contribution >= 4 is 10.9 Å². The highest BCUT2D eigenvalue weighted by atomic mass is 19.1. The minimum absolute atomic E-state index is 0.171. The maximum Gasteiger partial charge on any atom is 0.123 e. The van der Waals surface area contributed by atoms with Crippen LogP contribution in [0.25, 0.3) is 10.9 Å². The topological polar surface area (TPSA) is 22.1 Å². The zero-order chi connectivity index (χ0) is 20.4. The van der Waals surface area contributed by atoms with Crippen LogP contribution >= 0.6 is 0 Å². The fourth-order valence-corrected chi connectivity index (χ4v) is 2.40. The third-order valence-electron chi connectivity index (χ3n) is 4.03. The Kier molecular flexibility index (Phi) is 8.16. The largest absolute Gasteiger partial charge is 0.497 e. The van der Waals surface area contributed by atoms with E-state index in [4.69, 9.17) is 4.74 Å². The highest BCUT2D eigenvalue weighted by Gasteiger charge is 1.91. The number of methoxy groups -OCH3 is 1. The van der Waals surface area contributed by atoms with Gasteiger partial charge in [-0.25, -0.2) is 4.39 Å². The molecule has 0 aliphatic carbocycles. The SMILES string of the molecule is COc1ccc(C)cc1.Cc1ccc(F)cc1.Cc1ccc2ncccc2c1. The van der Waals surface area contributed by atoms with E-state index < -0.39 is 0 Å². The third kappa shape index (κ3) is 7.20. The molecule has 0 radical (unpaired) electrons. The van der Waals surface area contributed by atoms with Crippen LogP contribution in [0.3, 0.4) is 0 Å².